The Hall–Kier alpha value is -1.27. The van der Waals surface area contributed by atoms with Gasteiger partial charge in [-0.1, -0.05) is 13.0 Å². The summed E-state index contributed by atoms with van der Waals surface area (Å²) in [6, 6.07) is 5.78. The highest BCUT2D eigenvalue weighted by molar-refractivity contribution is 14.0. The van der Waals surface area contributed by atoms with Crippen LogP contribution in [0.2, 0.25) is 0 Å². The van der Waals surface area contributed by atoms with E-state index >= 15 is 0 Å². The average Bonchev–Trinajstić information content (AvgIpc) is 3.06. The van der Waals surface area contributed by atoms with E-state index in [0.717, 1.165) is 23.6 Å². The monoisotopic (exact) mass is 512 g/mol. The van der Waals surface area contributed by atoms with Crippen LogP contribution in [0.5, 0.6) is 11.5 Å². The molecule has 2 N–H and O–H groups in total. The molecular formula is C17H29IN4O4S. The number of rotatable bonds is 9. The number of fused-ring (bicyclic) bond motifs is 1. The molecule has 0 atom stereocenters. The van der Waals surface area contributed by atoms with E-state index in [1.807, 2.05) is 32.0 Å². The van der Waals surface area contributed by atoms with Gasteiger partial charge in [-0.15, -0.1) is 24.0 Å². The smallest absolute Gasteiger partial charge is 0.231 e. The SMILES string of the molecule is CCNC(=NCc1ccc2c(c1)OCO2)NCCCN(CC)S(C)(=O)=O.I. The quantitative estimate of drug-likeness (QED) is 0.227. The third-order valence-corrected chi connectivity index (χ3v) is 5.28. The Labute approximate surface area is 178 Å². The summed E-state index contributed by atoms with van der Waals surface area (Å²) in [6.07, 6.45) is 1.94. The molecular weight excluding hydrogens is 483 g/mol. The Morgan fingerprint density at radius 1 is 1.22 bits per heavy atom. The number of nitrogens with zero attached hydrogens (tertiary/aromatic N) is 2. The third-order valence-electron chi connectivity index (χ3n) is 3.90. The van der Waals surface area contributed by atoms with Crippen LogP contribution in [-0.4, -0.2) is 57.9 Å². The first-order valence-electron chi connectivity index (χ1n) is 8.79. The van der Waals surface area contributed by atoms with Gasteiger partial charge < -0.3 is 20.1 Å². The molecule has 0 bridgehead atoms. The van der Waals surface area contributed by atoms with Gasteiger partial charge in [0.15, 0.2) is 17.5 Å². The second-order valence-corrected chi connectivity index (χ2v) is 7.90. The minimum Gasteiger partial charge on any atom is -0.454 e. The Morgan fingerprint density at radius 3 is 2.63 bits per heavy atom. The van der Waals surface area contributed by atoms with Crippen LogP contribution in [0.4, 0.5) is 0 Å². The summed E-state index contributed by atoms with van der Waals surface area (Å²) >= 11 is 0. The van der Waals surface area contributed by atoms with Gasteiger partial charge in [0, 0.05) is 26.2 Å². The second-order valence-electron chi connectivity index (χ2n) is 5.92. The maximum Gasteiger partial charge on any atom is 0.231 e. The summed E-state index contributed by atoms with van der Waals surface area (Å²) in [5, 5.41) is 6.42. The van der Waals surface area contributed by atoms with Crippen molar-refractivity contribution in [2.75, 3.05) is 39.2 Å². The largest absolute Gasteiger partial charge is 0.454 e. The van der Waals surface area contributed by atoms with Crippen molar-refractivity contribution in [2.45, 2.75) is 26.8 Å². The van der Waals surface area contributed by atoms with Gasteiger partial charge in [-0.2, -0.15) is 0 Å². The maximum absolute atomic E-state index is 11.6. The van der Waals surface area contributed by atoms with Gasteiger partial charge >= 0.3 is 0 Å². The Balaban J connectivity index is 0.00000364. The number of guanidine groups is 1. The number of nitrogens with one attached hydrogen (secondary N) is 2. The van der Waals surface area contributed by atoms with Crippen molar-refractivity contribution in [1.29, 1.82) is 0 Å². The molecule has 10 heteroatoms. The fourth-order valence-corrected chi connectivity index (χ4v) is 3.50. The van der Waals surface area contributed by atoms with Gasteiger partial charge in [0.1, 0.15) is 0 Å². The molecule has 1 aliphatic rings. The summed E-state index contributed by atoms with van der Waals surface area (Å²) in [6.45, 7) is 6.97. The van der Waals surface area contributed by atoms with Gasteiger partial charge in [0.2, 0.25) is 16.8 Å². The van der Waals surface area contributed by atoms with Crippen molar-refractivity contribution in [3.8, 4) is 11.5 Å². The molecule has 8 nitrogen and oxygen atoms in total. The summed E-state index contributed by atoms with van der Waals surface area (Å²) in [5.41, 5.74) is 1.03. The number of benzene rings is 1. The van der Waals surface area contributed by atoms with Crippen molar-refractivity contribution >= 4 is 40.0 Å². The first-order chi connectivity index (χ1) is 12.4. The lowest BCUT2D eigenvalue weighted by molar-refractivity contribution is 0.174. The minimum absolute atomic E-state index is 0. The van der Waals surface area contributed by atoms with Gasteiger partial charge in [0.25, 0.3) is 0 Å². The molecule has 1 aromatic rings. The maximum atomic E-state index is 11.6. The third kappa shape index (κ3) is 7.70. The molecule has 1 aliphatic heterocycles. The molecule has 0 spiro atoms. The molecule has 0 amide bonds. The van der Waals surface area contributed by atoms with E-state index < -0.39 is 10.0 Å². The zero-order valence-electron chi connectivity index (χ0n) is 16.0. The number of aliphatic imine (C=N–C) groups is 1. The molecule has 154 valence electrons. The van der Waals surface area contributed by atoms with Crippen LogP contribution in [0.3, 0.4) is 0 Å². The first kappa shape index (κ1) is 23.8. The lowest BCUT2D eigenvalue weighted by Crippen LogP contribution is -2.39. The summed E-state index contributed by atoms with van der Waals surface area (Å²) in [5.74, 6) is 2.21. The van der Waals surface area contributed by atoms with Crippen molar-refractivity contribution in [3.05, 3.63) is 23.8 Å². The van der Waals surface area contributed by atoms with Crippen LogP contribution in [0.25, 0.3) is 0 Å². The Morgan fingerprint density at radius 2 is 1.96 bits per heavy atom. The summed E-state index contributed by atoms with van der Waals surface area (Å²) < 4.78 is 35.3. The molecule has 0 aromatic heterocycles. The lowest BCUT2D eigenvalue weighted by atomic mass is 10.2. The fourth-order valence-electron chi connectivity index (χ4n) is 2.57. The van der Waals surface area contributed by atoms with Crippen LogP contribution in [0.15, 0.2) is 23.2 Å². The number of ether oxygens (including phenoxy) is 2. The van der Waals surface area contributed by atoms with Crippen LogP contribution in [-0.2, 0) is 16.6 Å². The molecule has 2 rings (SSSR count). The van der Waals surface area contributed by atoms with Crippen molar-refractivity contribution in [3.63, 3.8) is 0 Å². The van der Waals surface area contributed by atoms with Crippen LogP contribution in [0, 0.1) is 0 Å². The second kappa shape index (κ2) is 11.5. The zero-order valence-corrected chi connectivity index (χ0v) is 19.2. The lowest BCUT2D eigenvalue weighted by Gasteiger charge is -2.18. The van der Waals surface area contributed by atoms with E-state index in [0.29, 0.717) is 38.6 Å². The van der Waals surface area contributed by atoms with Crippen molar-refractivity contribution < 1.29 is 17.9 Å². The predicted molar refractivity (Wildman–Crippen MR) is 118 cm³/mol. The topological polar surface area (TPSA) is 92.3 Å². The highest BCUT2D eigenvalue weighted by Crippen LogP contribution is 2.32. The standard InChI is InChI=1S/C17H28N4O4S.HI/c1-4-18-17(19-9-6-10-21(5-2)26(3,22)23)20-12-14-7-8-15-16(11-14)25-13-24-15;/h7-8,11H,4-6,9-10,12-13H2,1-3H3,(H2,18,19,20);1H. The molecule has 0 unspecified atom stereocenters. The van der Waals surface area contributed by atoms with E-state index in [4.69, 9.17) is 9.47 Å². The molecule has 1 heterocycles. The number of sulfonamides is 1. The number of hydrogen-bond donors (Lipinski definition) is 2. The molecule has 0 radical (unpaired) electrons. The minimum atomic E-state index is -3.14. The zero-order chi connectivity index (χ0) is 19.0. The van der Waals surface area contributed by atoms with Crippen molar-refractivity contribution in [2.24, 2.45) is 4.99 Å². The van der Waals surface area contributed by atoms with E-state index in [1.165, 1.54) is 10.6 Å². The molecule has 0 fully saturated rings. The normalized spacial score (nSPS) is 13.4. The molecule has 0 saturated heterocycles. The molecule has 27 heavy (non-hydrogen) atoms. The molecule has 0 aliphatic carbocycles. The summed E-state index contributed by atoms with van der Waals surface area (Å²) in [7, 11) is -3.14. The predicted octanol–water partition coefficient (Wildman–Crippen LogP) is 1.76. The molecule has 1 aromatic carbocycles. The van der Waals surface area contributed by atoms with Gasteiger partial charge in [0.05, 0.1) is 12.8 Å². The highest BCUT2D eigenvalue weighted by atomic mass is 127. The van der Waals surface area contributed by atoms with Crippen LogP contribution < -0.4 is 20.1 Å². The van der Waals surface area contributed by atoms with E-state index in [2.05, 4.69) is 15.6 Å². The van der Waals surface area contributed by atoms with E-state index in [-0.39, 0.29) is 30.8 Å². The van der Waals surface area contributed by atoms with Crippen LogP contribution >= 0.6 is 24.0 Å². The fraction of sp³-hybridized carbons (Fsp3) is 0.588. The van der Waals surface area contributed by atoms with Crippen molar-refractivity contribution in [1.82, 2.24) is 14.9 Å². The number of hydrogen-bond acceptors (Lipinski definition) is 5. The van der Waals surface area contributed by atoms with Gasteiger partial charge in [-0.25, -0.2) is 17.7 Å². The highest BCUT2D eigenvalue weighted by Gasteiger charge is 2.14. The van der Waals surface area contributed by atoms with Crippen LogP contribution in [0.1, 0.15) is 25.8 Å². The van der Waals surface area contributed by atoms with E-state index in [1.54, 1.807) is 0 Å². The average molecular weight is 512 g/mol. The van der Waals surface area contributed by atoms with Gasteiger partial charge in [-0.3, -0.25) is 0 Å². The number of halogens is 1. The van der Waals surface area contributed by atoms with E-state index in [9.17, 15) is 8.42 Å². The summed E-state index contributed by atoms with van der Waals surface area (Å²) in [4.78, 5) is 4.56. The first-order valence-corrected chi connectivity index (χ1v) is 10.6. The Kier molecular flexibility index (Phi) is 10.2. The van der Waals surface area contributed by atoms with Gasteiger partial charge in [-0.05, 0) is 31.0 Å². The molecule has 0 saturated carbocycles. The Bertz CT molecular complexity index is 728.